The minimum absolute atomic E-state index is 0.00150. The van der Waals surface area contributed by atoms with Crippen molar-refractivity contribution in [2.75, 3.05) is 48.9 Å². The fraction of sp³-hybridized carbons (Fsp3) is 0.409. The van der Waals surface area contributed by atoms with Crippen LogP contribution in [0.4, 0.5) is 43.9 Å². The molecular weight excluding hydrogens is 1040 g/mol. The van der Waals surface area contributed by atoms with Crippen molar-refractivity contribution >= 4 is 60.8 Å². The van der Waals surface area contributed by atoms with Crippen LogP contribution in [-0.2, 0) is 39.0 Å². The van der Waals surface area contributed by atoms with Gasteiger partial charge in [0, 0.05) is 74.3 Å². The van der Waals surface area contributed by atoms with E-state index in [0.29, 0.717) is 36.5 Å². The van der Waals surface area contributed by atoms with Crippen LogP contribution in [-0.4, -0.2) is 125 Å². The fourth-order valence-corrected chi connectivity index (χ4v) is 11.0. The largest absolute Gasteiger partial charge is 0.420 e. The number of aliphatic hydroxyl groups is 2. The van der Waals surface area contributed by atoms with Crippen LogP contribution < -0.4 is 10.2 Å². The highest BCUT2D eigenvalue weighted by atomic mass is 35.5. The zero-order valence-corrected chi connectivity index (χ0v) is 41.6. The molecule has 18 nitrogen and oxygen atoms in total. The Balaban J connectivity index is 1.24. The molecule has 8 rings (SSSR count). The molecule has 2 aliphatic rings. The lowest BCUT2D eigenvalue weighted by molar-refractivity contribution is -0.138. The number of hydrogen-bond acceptors (Lipinski definition) is 14. The Bertz CT molecular complexity index is 3200. The average Bonchev–Trinajstić information content (AvgIpc) is 4.03. The van der Waals surface area contributed by atoms with Gasteiger partial charge >= 0.3 is 12.4 Å². The molecule has 0 amide bonds. The van der Waals surface area contributed by atoms with Gasteiger partial charge in [-0.05, 0) is 55.9 Å². The van der Waals surface area contributed by atoms with E-state index >= 15 is 0 Å². The van der Waals surface area contributed by atoms with Crippen molar-refractivity contribution in [2.24, 2.45) is 0 Å². The molecule has 0 saturated carbocycles. The van der Waals surface area contributed by atoms with E-state index in [-0.39, 0.29) is 102 Å². The first-order valence-electron chi connectivity index (χ1n) is 22.2. The van der Waals surface area contributed by atoms with Crippen LogP contribution in [0.2, 0.25) is 10.0 Å². The maximum Gasteiger partial charge on any atom is 0.420 e. The number of alkyl halides is 6. The first kappa shape index (κ1) is 52.8. The summed E-state index contributed by atoms with van der Waals surface area (Å²) in [5, 5.41) is 24.3. The van der Waals surface area contributed by atoms with Crippen molar-refractivity contribution in [1.82, 2.24) is 47.6 Å². The van der Waals surface area contributed by atoms with Gasteiger partial charge < -0.3 is 29.6 Å². The summed E-state index contributed by atoms with van der Waals surface area (Å²) >= 11 is 13.6. The molecule has 386 valence electrons. The highest BCUT2D eigenvalue weighted by Gasteiger charge is 2.40. The summed E-state index contributed by atoms with van der Waals surface area (Å²) < 4.78 is 143. The van der Waals surface area contributed by atoms with Crippen LogP contribution >= 0.6 is 23.2 Å². The van der Waals surface area contributed by atoms with Gasteiger partial charge in [-0.3, -0.25) is 0 Å². The summed E-state index contributed by atoms with van der Waals surface area (Å²) in [5.74, 6) is -0.460. The molecule has 6 aromatic rings. The van der Waals surface area contributed by atoms with E-state index in [1.165, 1.54) is 59.8 Å². The van der Waals surface area contributed by atoms with Gasteiger partial charge in [-0.15, -0.1) is 0 Å². The molecular formula is C44H46Cl2F6N12O6S2. The zero-order chi connectivity index (χ0) is 52.1. The van der Waals surface area contributed by atoms with Gasteiger partial charge in [-0.1, -0.05) is 42.3 Å². The third-order valence-electron chi connectivity index (χ3n) is 12.4. The zero-order valence-electron chi connectivity index (χ0n) is 38.4. The van der Waals surface area contributed by atoms with Gasteiger partial charge in [0.25, 0.3) is 0 Å². The van der Waals surface area contributed by atoms with Crippen molar-refractivity contribution in [1.29, 1.82) is 0 Å². The van der Waals surface area contributed by atoms with Crippen LogP contribution in [0.3, 0.4) is 0 Å². The predicted octanol–water partition coefficient (Wildman–Crippen LogP) is 7.65. The fourth-order valence-electron chi connectivity index (χ4n) is 8.63. The topological polar surface area (TPSA) is 218 Å². The number of rotatable bonds is 14. The van der Waals surface area contributed by atoms with E-state index in [0.717, 1.165) is 12.5 Å². The Kier molecular flexibility index (Phi) is 15.0. The summed E-state index contributed by atoms with van der Waals surface area (Å²) in [5.41, 5.74) is -3.26. The minimum Gasteiger partial charge on any atom is -0.392 e. The van der Waals surface area contributed by atoms with E-state index in [1.54, 1.807) is 25.1 Å². The predicted molar refractivity (Wildman–Crippen MR) is 255 cm³/mol. The molecule has 2 saturated heterocycles. The summed E-state index contributed by atoms with van der Waals surface area (Å²) in [4.78, 5) is 26.9. The maximum atomic E-state index is 14.9. The number of benzene rings is 2. The van der Waals surface area contributed by atoms with Crippen LogP contribution in [0.25, 0.3) is 34.2 Å². The van der Waals surface area contributed by atoms with Crippen molar-refractivity contribution in [3.63, 3.8) is 0 Å². The Labute approximate surface area is 419 Å². The number of anilines is 3. The third-order valence-corrected chi connectivity index (χ3v) is 15.9. The molecule has 2 aromatic carbocycles. The Hall–Kier alpha value is -5.48. The molecule has 2 fully saturated rings. The van der Waals surface area contributed by atoms with E-state index in [2.05, 4.69) is 35.2 Å². The summed E-state index contributed by atoms with van der Waals surface area (Å²) in [6.45, 7) is 1.60. The maximum absolute atomic E-state index is 14.9. The van der Waals surface area contributed by atoms with E-state index < -0.39 is 73.7 Å². The number of aliphatic hydroxyl groups excluding tert-OH is 2. The molecule has 0 radical (unpaired) electrons. The SMILES string of the molecule is CCC(O)c1cc(N(c2ncc(C(F)(F)F)c(-c3cn(-c4cccc(CO)c4Cl)cn3)n2)C2CCN(S(C)(=O)=O)CC2)cc(-n2cnc(-c3nc(NC4CCN(S(C)(=O)=O)CC4)ncc3C(F)(F)F)c2)c1Cl. The monoisotopic (exact) mass is 1090 g/mol. The number of aromatic nitrogens is 8. The highest BCUT2D eigenvalue weighted by molar-refractivity contribution is 7.88. The second kappa shape index (κ2) is 20.4. The van der Waals surface area contributed by atoms with Gasteiger partial charge in [0.05, 0.1) is 46.6 Å². The van der Waals surface area contributed by atoms with Crippen LogP contribution in [0.15, 0.2) is 67.8 Å². The molecule has 1 unspecified atom stereocenters. The number of piperidine rings is 2. The van der Waals surface area contributed by atoms with Crippen LogP contribution in [0.1, 0.15) is 67.4 Å². The van der Waals surface area contributed by atoms with Gasteiger partial charge in [-0.2, -0.15) is 26.3 Å². The first-order chi connectivity index (χ1) is 33.8. The second-order valence-electron chi connectivity index (χ2n) is 17.3. The molecule has 72 heavy (non-hydrogen) atoms. The number of nitrogens with one attached hydrogen (secondary N) is 1. The normalized spacial score (nSPS) is 16.6. The quantitative estimate of drug-likeness (QED) is 0.0894. The Morgan fingerprint density at radius 2 is 1.31 bits per heavy atom. The molecule has 1 atom stereocenters. The van der Waals surface area contributed by atoms with E-state index in [1.807, 2.05) is 0 Å². The van der Waals surface area contributed by atoms with Crippen LogP contribution in [0.5, 0.6) is 0 Å². The molecule has 3 N–H and O–H groups in total. The summed E-state index contributed by atoms with van der Waals surface area (Å²) in [6, 6.07) is 6.62. The third kappa shape index (κ3) is 11.2. The van der Waals surface area contributed by atoms with Crippen molar-refractivity contribution < 1.29 is 53.4 Å². The van der Waals surface area contributed by atoms with Gasteiger partial charge in [-0.25, -0.2) is 55.3 Å². The molecule has 2 aliphatic heterocycles. The average molecular weight is 1090 g/mol. The molecule has 0 spiro atoms. The van der Waals surface area contributed by atoms with Crippen LogP contribution in [0, 0.1) is 0 Å². The molecule has 4 aromatic heterocycles. The molecule has 0 bridgehead atoms. The molecule has 28 heteroatoms. The van der Waals surface area contributed by atoms with Crippen molar-refractivity contribution in [2.45, 2.75) is 76.2 Å². The number of sulfonamides is 2. The van der Waals surface area contributed by atoms with Gasteiger partial charge in [0.2, 0.25) is 31.9 Å². The lowest BCUT2D eigenvalue weighted by atomic mass is 10.0. The molecule has 0 aliphatic carbocycles. The summed E-state index contributed by atoms with van der Waals surface area (Å²) in [7, 11) is -7.11. The second-order valence-corrected chi connectivity index (χ2v) is 22.0. The first-order valence-corrected chi connectivity index (χ1v) is 26.6. The Morgan fingerprint density at radius 3 is 1.85 bits per heavy atom. The standard InChI is InChI=1S/C44H46Cl2F6N12O6S2/c1-4-36(66)29-16-28(17-35(38(29)46)61-21-32(56-24-61)39-30(43(47,48)49)18-53-41(58-39)57-26-8-12-62(13-9-26)71(2,67)68)64(27-10-14-63(15-11-27)72(3,69)70)42-54-19-31(44(50,51)52)40(59-42)33-20-60(23-55-33)34-7-5-6-25(22-65)37(34)45/h5-7,16-21,23-24,26-27,36,65-66H,4,8-15,22H2,1-3H3,(H,53,57,58). The smallest absolute Gasteiger partial charge is 0.392 e. The lowest BCUT2D eigenvalue weighted by Gasteiger charge is -2.38. The van der Waals surface area contributed by atoms with Crippen molar-refractivity contribution in [3.05, 3.63) is 100 Å². The van der Waals surface area contributed by atoms with E-state index in [9.17, 15) is 53.4 Å². The number of imidazole rings is 2. The number of halogens is 8. The van der Waals surface area contributed by atoms with E-state index in [4.69, 9.17) is 23.2 Å². The van der Waals surface area contributed by atoms with Gasteiger partial charge in [0.15, 0.2) is 0 Å². The molecule has 6 heterocycles. The highest BCUT2D eigenvalue weighted by Crippen LogP contribution is 2.43. The number of nitrogens with zero attached hydrogens (tertiary/aromatic N) is 11. The lowest BCUT2D eigenvalue weighted by Crippen LogP contribution is -2.45. The Morgan fingerprint density at radius 1 is 0.764 bits per heavy atom. The minimum atomic E-state index is -4.99. The van der Waals surface area contributed by atoms with Crippen molar-refractivity contribution in [3.8, 4) is 34.2 Å². The number of hydrogen-bond donors (Lipinski definition) is 3. The van der Waals surface area contributed by atoms with Gasteiger partial charge in [0.1, 0.15) is 46.6 Å². The summed E-state index contributed by atoms with van der Waals surface area (Å²) in [6.07, 6.45) is -1.97.